The molecule has 2 rings (SSSR count). The number of hydrogen-bond donors (Lipinski definition) is 2. The van der Waals surface area contributed by atoms with Crippen molar-refractivity contribution in [2.75, 3.05) is 6.54 Å². The third-order valence-corrected chi connectivity index (χ3v) is 3.19. The van der Waals surface area contributed by atoms with Gasteiger partial charge in [0, 0.05) is 18.5 Å². The minimum absolute atomic E-state index is 0.0937. The summed E-state index contributed by atoms with van der Waals surface area (Å²) in [7, 11) is 0. The molecule has 4 heteroatoms. The standard InChI is InChI=1S/C13H20N2O2/c1-3-11-4-5-12(17-11)13(16)15-10-6-7-14-9(2)8-10/h4-5,9-10,14H,3,6-8H2,1-2H3,(H,15,16). The molecule has 1 aromatic heterocycles. The molecular formula is C13H20N2O2. The van der Waals surface area contributed by atoms with Crippen LogP contribution in [0.5, 0.6) is 0 Å². The molecule has 0 radical (unpaired) electrons. The molecule has 1 aromatic rings. The molecule has 4 nitrogen and oxygen atoms in total. The SMILES string of the molecule is CCc1ccc(C(=O)NC2CCNC(C)C2)o1. The van der Waals surface area contributed by atoms with Gasteiger partial charge >= 0.3 is 0 Å². The van der Waals surface area contributed by atoms with Crippen LogP contribution in [0.15, 0.2) is 16.5 Å². The molecule has 2 atom stereocenters. The van der Waals surface area contributed by atoms with Crippen LogP contribution in [0.2, 0.25) is 0 Å². The van der Waals surface area contributed by atoms with E-state index in [2.05, 4.69) is 17.6 Å². The van der Waals surface area contributed by atoms with Crippen LogP contribution in [-0.2, 0) is 6.42 Å². The summed E-state index contributed by atoms with van der Waals surface area (Å²) in [6.45, 7) is 5.11. The molecule has 94 valence electrons. The summed E-state index contributed by atoms with van der Waals surface area (Å²) < 4.78 is 5.44. The maximum Gasteiger partial charge on any atom is 0.287 e. The molecule has 2 heterocycles. The predicted octanol–water partition coefficient (Wildman–Crippen LogP) is 1.71. The molecule has 1 aliphatic heterocycles. The Balaban J connectivity index is 1.92. The number of nitrogens with one attached hydrogen (secondary N) is 2. The van der Waals surface area contributed by atoms with Crippen LogP contribution in [-0.4, -0.2) is 24.5 Å². The highest BCUT2D eigenvalue weighted by Gasteiger charge is 2.21. The minimum atomic E-state index is -0.0937. The second-order valence-electron chi connectivity index (χ2n) is 4.67. The topological polar surface area (TPSA) is 54.3 Å². The van der Waals surface area contributed by atoms with Crippen LogP contribution < -0.4 is 10.6 Å². The van der Waals surface area contributed by atoms with Gasteiger partial charge in [-0.25, -0.2) is 0 Å². The van der Waals surface area contributed by atoms with Gasteiger partial charge in [-0.1, -0.05) is 6.92 Å². The van der Waals surface area contributed by atoms with E-state index in [-0.39, 0.29) is 11.9 Å². The fraction of sp³-hybridized carbons (Fsp3) is 0.615. The summed E-state index contributed by atoms with van der Waals surface area (Å²) in [6, 6.07) is 4.34. The summed E-state index contributed by atoms with van der Waals surface area (Å²) in [6.07, 6.45) is 2.78. The number of carbonyl (C=O) groups is 1. The normalized spacial score (nSPS) is 24.6. The van der Waals surface area contributed by atoms with Crippen LogP contribution in [0.3, 0.4) is 0 Å². The Morgan fingerprint density at radius 1 is 1.59 bits per heavy atom. The number of hydrogen-bond acceptors (Lipinski definition) is 3. The van der Waals surface area contributed by atoms with Gasteiger partial charge in [0.2, 0.25) is 0 Å². The summed E-state index contributed by atoms with van der Waals surface area (Å²) >= 11 is 0. The van der Waals surface area contributed by atoms with E-state index in [1.165, 1.54) is 0 Å². The van der Waals surface area contributed by atoms with Crippen molar-refractivity contribution in [3.63, 3.8) is 0 Å². The highest BCUT2D eigenvalue weighted by molar-refractivity contribution is 5.91. The van der Waals surface area contributed by atoms with Gasteiger partial charge < -0.3 is 15.1 Å². The van der Waals surface area contributed by atoms with Crippen LogP contribution in [0.4, 0.5) is 0 Å². The van der Waals surface area contributed by atoms with Gasteiger partial charge in [0.15, 0.2) is 5.76 Å². The average molecular weight is 236 g/mol. The Labute approximate surface area is 102 Å². The smallest absolute Gasteiger partial charge is 0.287 e. The first-order valence-electron chi connectivity index (χ1n) is 6.32. The third kappa shape index (κ3) is 3.09. The largest absolute Gasteiger partial charge is 0.456 e. The molecule has 0 saturated carbocycles. The van der Waals surface area contributed by atoms with Crippen molar-refractivity contribution >= 4 is 5.91 Å². The Bertz CT molecular complexity index is 387. The van der Waals surface area contributed by atoms with Crippen molar-refractivity contribution in [2.24, 2.45) is 0 Å². The molecule has 2 N–H and O–H groups in total. The van der Waals surface area contributed by atoms with E-state index in [4.69, 9.17) is 4.42 Å². The van der Waals surface area contributed by atoms with Crippen molar-refractivity contribution in [2.45, 2.75) is 45.2 Å². The first kappa shape index (κ1) is 12.2. The minimum Gasteiger partial charge on any atom is -0.456 e. The lowest BCUT2D eigenvalue weighted by atomic mass is 10.0. The monoisotopic (exact) mass is 236 g/mol. The second-order valence-corrected chi connectivity index (χ2v) is 4.67. The van der Waals surface area contributed by atoms with Gasteiger partial charge in [0.1, 0.15) is 5.76 Å². The number of rotatable bonds is 3. The van der Waals surface area contributed by atoms with E-state index in [1.54, 1.807) is 6.07 Å². The van der Waals surface area contributed by atoms with E-state index in [0.29, 0.717) is 11.8 Å². The molecule has 2 unspecified atom stereocenters. The highest BCUT2D eigenvalue weighted by Crippen LogP contribution is 2.12. The van der Waals surface area contributed by atoms with Crippen LogP contribution in [0.25, 0.3) is 0 Å². The van der Waals surface area contributed by atoms with E-state index in [9.17, 15) is 4.79 Å². The van der Waals surface area contributed by atoms with Gasteiger partial charge in [0.25, 0.3) is 5.91 Å². The molecule has 1 fully saturated rings. The van der Waals surface area contributed by atoms with Crippen molar-refractivity contribution in [1.29, 1.82) is 0 Å². The van der Waals surface area contributed by atoms with Crippen LogP contribution >= 0.6 is 0 Å². The number of amides is 1. The zero-order chi connectivity index (χ0) is 12.3. The summed E-state index contributed by atoms with van der Waals surface area (Å²) in [4.78, 5) is 11.9. The Morgan fingerprint density at radius 3 is 3.06 bits per heavy atom. The van der Waals surface area contributed by atoms with Gasteiger partial charge in [-0.3, -0.25) is 4.79 Å². The molecular weight excluding hydrogens is 216 g/mol. The lowest BCUT2D eigenvalue weighted by Crippen LogP contribution is -2.46. The highest BCUT2D eigenvalue weighted by atomic mass is 16.3. The zero-order valence-electron chi connectivity index (χ0n) is 10.5. The number of aryl methyl sites for hydroxylation is 1. The number of piperidine rings is 1. The first-order chi connectivity index (χ1) is 8.19. The maximum absolute atomic E-state index is 11.9. The number of carbonyl (C=O) groups excluding carboxylic acids is 1. The fourth-order valence-corrected chi connectivity index (χ4v) is 2.21. The van der Waals surface area contributed by atoms with Crippen LogP contribution in [0, 0.1) is 0 Å². The van der Waals surface area contributed by atoms with E-state index < -0.39 is 0 Å². The molecule has 1 aliphatic rings. The van der Waals surface area contributed by atoms with E-state index >= 15 is 0 Å². The lowest BCUT2D eigenvalue weighted by molar-refractivity contribution is 0.0896. The summed E-state index contributed by atoms with van der Waals surface area (Å²) in [5.74, 6) is 1.19. The van der Waals surface area contributed by atoms with Gasteiger partial charge in [-0.15, -0.1) is 0 Å². The molecule has 0 aromatic carbocycles. The van der Waals surface area contributed by atoms with Crippen molar-refractivity contribution in [3.05, 3.63) is 23.7 Å². The number of furan rings is 1. The first-order valence-corrected chi connectivity index (χ1v) is 6.32. The van der Waals surface area contributed by atoms with Gasteiger partial charge in [-0.05, 0) is 38.4 Å². The molecule has 0 aliphatic carbocycles. The van der Waals surface area contributed by atoms with Gasteiger partial charge in [-0.2, -0.15) is 0 Å². The third-order valence-electron chi connectivity index (χ3n) is 3.19. The van der Waals surface area contributed by atoms with Crippen molar-refractivity contribution in [3.8, 4) is 0 Å². The second kappa shape index (κ2) is 5.36. The lowest BCUT2D eigenvalue weighted by Gasteiger charge is -2.28. The van der Waals surface area contributed by atoms with Crippen LogP contribution in [0.1, 0.15) is 43.0 Å². The average Bonchev–Trinajstić information content (AvgIpc) is 2.77. The predicted molar refractivity (Wildman–Crippen MR) is 66.0 cm³/mol. The zero-order valence-corrected chi connectivity index (χ0v) is 10.5. The molecule has 1 saturated heterocycles. The van der Waals surface area contributed by atoms with Gasteiger partial charge in [0.05, 0.1) is 0 Å². The van der Waals surface area contributed by atoms with E-state index in [1.807, 2.05) is 13.0 Å². The molecule has 1 amide bonds. The fourth-order valence-electron chi connectivity index (χ4n) is 2.21. The van der Waals surface area contributed by atoms with Crippen molar-refractivity contribution < 1.29 is 9.21 Å². The quantitative estimate of drug-likeness (QED) is 0.840. The Hall–Kier alpha value is -1.29. The Morgan fingerprint density at radius 2 is 2.41 bits per heavy atom. The Kier molecular flexibility index (Phi) is 3.84. The molecule has 0 spiro atoms. The van der Waals surface area contributed by atoms with Crippen molar-refractivity contribution in [1.82, 2.24) is 10.6 Å². The summed E-state index contributed by atoms with van der Waals surface area (Å²) in [5.41, 5.74) is 0. The molecule has 17 heavy (non-hydrogen) atoms. The summed E-state index contributed by atoms with van der Waals surface area (Å²) in [5, 5.41) is 6.39. The molecule has 0 bridgehead atoms. The maximum atomic E-state index is 11.9. The van der Waals surface area contributed by atoms with E-state index in [0.717, 1.165) is 31.6 Å².